The molecule has 1 heterocycles. The molecule has 2 aliphatic rings. The fraction of sp³-hybridized carbons (Fsp3) is 0.385. The number of rotatable bonds is 4. The molecule has 0 aromatic heterocycles. The van der Waals surface area contributed by atoms with E-state index < -0.39 is 0 Å². The van der Waals surface area contributed by atoms with Crippen LogP contribution in [0.25, 0.3) is 0 Å². The second kappa shape index (κ2) is 6.11. The molecule has 3 rings (SSSR count). The molecule has 1 aromatic carbocycles. The highest BCUT2D eigenvalue weighted by Gasteiger charge is 2.39. The lowest BCUT2D eigenvalue weighted by atomic mass is 10.2. The summed E-state index contributed by atoms with van der Waals surface area (Å²) in [5.74, 6) is 0.970. The molecule has 0 bridgehead atoms. The number of aliphatic imine (C=N–C) groups is 2. The van der Waals surface area contributed by atoms with Crippen molar-refractivity contribution < 1.29 is 4.84 Å². The standard InChI is InChI=1S/C13H17N5O.ClH/c14-12-16-11(10-6-7-10)18(13(15)17-12)19-8-9-4-2-1-3-5-9;/h1-5,10-11H,6-8H2,(H4,14,15,16,17);1H. The van der Waals surface area contributed by atoms with E-state index >= 15 is 0 Å². The molecule has 1 unspecified atom stereocenters. The van der Waals surface area contributed by atoms with E-state index in [0.717, 1.165) is 18.4 Å². The predicted molar refractivity (Wildman–Crippen MR) is 80.1 cm³/mol. The Balaban J connectivity index is 0.00000147. The third-order valence-corrected chi connectivity index (χ3v) is 3.22. The van der Waals surface area contributed by atoms with E-state index in [-0.39, 0.29) is 30.5 Å². The molecule has 4 N–H and O–H groups in total. The molecule has 1 aliphatic carbocycles. The van der Waals surface area contributed by atoms with Crippen molar-refractivity contribution in [1.82, 2.24) is 5.06 Å². The minimum Gasteiger partial charge on any atom is -0.368 e. The van der Waals surface area contributed by atoms with Crippen molar-refractivity contribution >= 4 is 24.3 Å². The van der Waals surface area contributed by atoms with Crippen molar-refractivity contribution in [3.05, 3.63) is 35.9 Å². The van der Waals surface area contributed by atoms with Gasteiger partial charge in [-0.1, -0.05) is 30.3 Å². The van der Waals surface area contributed by atoms with E-state index in [4.69, 9.17) is 16.3 Å². The minimum atomic E-state index is -0.138. The van der Waals surface area contributed by atoms with Crippen LogP contribution in [0.2, 0.25) is 0 Å². The second-order valence-corrected chi connectivity index (χ2v) is 4.79. The molecular weight excluding hydrogens is 278 g/mol. The molecule has 0 amide bonds. The number of hydrogen-bond donors (Lipinski definition) is 2. The van der Waals surface area contributed by atoms with Gasteiger partial charge in [0, 0.05) is 5.92 Å². The maximum Gasteiger partial charge on any atom is 0.225 e. The van der Waals surface area contributed by atoms with E-state index in [2.05, 4.69) is 9.98 Å². The van der Waals surface area contributed by atoms with Gasteiger partial charge < -0.3 is 11.5 Å². The second-order valence-electron chi connectivity index (χ2n) is 4.79. The lowest BCUT2D eigenvalue weighted by Crippen LogP contribution is -2.48. The van der Waals surface area contributed by atoms with Crippen molar-refractivity contribution in [2.24, 2.45) is 27.4 Å². The molecule has 0 saturated heterocycles. The van der Waals surface area contributed by atoms with Crippen molar-refractivity contribution in [3.8, 4) is 0 Å². The molecule has 1 aromatic rings. The zero-order chi connectivity index (χ0) is 13.2. The Morgan fingerprint density at radius 1 is 1.20 bits per heavy atom. The number of hydroxylamine groups is 2. The van der Waals surface area contributed by atoms with Gasteiger partial charge in [-0.2, -0.15) is 10.1 Å². The van der Waals surface area contributed by atoms with Crippen LogP contribution in [-0.4, -0.2) is 23.1 Å². The maximum absolute atomic E-state index is 5.88. The summed E-state index contributed by atoms with van der Waals surface area (Å²) < 4.78 is 0. The number of halogens is 1. The molecule has 1 saturated carbocycles. The van der Waals surface area contributed by atoms with Crippen LogP contribution in [0.3, 0.4) is 0 Å². The summed E-state index contributed by atoms with van der Waals surface area (Å²) >= 11 is 0. The number of hydrogen-bond acceptors (Lipinski definition) is 6. The van der Waals surface area contributed by atoms with Crippen molar-refractivity contribution in [3.63, 3.8) is 0 Å². The van der Waals surface area contributed by atoms with Crippen molar-refractivity contribution in [2.75, 3.05) is 0 Å². The molecule has 108 valence electrons. The van der Waals surface area contributed by atoms with E-state index in [1.165, 1.54) is 0 Å². The monoisotopic (exact) mass is 295 g/mol. The summed E-state index contributed by atoms with van der Waals surface area (Å²) in [7, 11) is 0. The van der Waals surface area contributed by atoms with Crippen LogP contribution >= 0.6 is 12.4 Å². The molecular formula is C13H18ClN5O. The lowest BCUT2D eigenvalue weighted by Gasteiger charge is -2.31. The third kappa shape index (κ3) is 3.20. The van der Waals surface area contributed by atoms with Gasteiger partial charge in [-0.05, 0) is 18.4 Å². The first-order chi connectivity index (χ1) is 9.24. The van der Waals surface area contributed by atoms with Crippen molar-refractivity contribution in [2.45, 2.75) is 25.6 Å². The highest BCUT2D eigenvalue weighted by atomic mass is 35.5. The molecule has 0 radical (unpaired) electrons. The lowest BCUT2D eigenvalue weighted by molar-refractivity contribution is -0.143. The van der Waals surface area contributed by atoms with E-state index in [9.17, 15) is 0 Å². The molecule has 7 heteroatoms. The van der Waals surface area contributed by atoms with Crippen LogP contribution in [0.1, 0.15) is 18.4 Å². The summed E-state index contributed by atoms with van der Waals surface area (Å²) in [5.41, 5.74) is 12.6. The Kier molecular flexibility index (Phi) is 4.46. The predicted octanol–water partition coefficient (Wildman–Crippen LogP) is 1.22. The van der Waals surface area contributed by atoms with Gasteiger partial charge >= 0.3 is 0 Å². The summed E-state index contributed by atoms with van der Waals surface area (Å²) in [6.07, 6.45) is 2.11. The molecule has 1 fully saturated rings. The first-order valence-corrected chi connectivity index (χ1v) is 6.37. The third-order valence-electron chi connectivity index (χ3n) is 3.22. The van der Waals surface area contributed by atoms with Gasteiger partial charge in [0.2, 0.25) is 11.9 Å². The van der Waals surface area contributed by atoms with Crippen molar-refractivity contribution in [1.29, 1.82) is 0 Å². The van der Waals surface area contributed by atoms with Crippen LogP contribution in [0, 0.1) is 5.92 Å². The largest absolute Gasteiger partial charge is 0.368 e. The average Bonchev–Trinajstić information content (AvgIpc) is 3.22. The number of nitrogens with two attached hydrogens (primary N) is 2. The van der Waals surface area contributed by atoms with Gasteiger partial charge in [0.25, 0.3) is 0 Å². The SMILES string of the molecule is Cl.NC1=NC(C2CC2)N(OCc2ccccc2)C(N)=N1. The summed E-state index contributed by atoms with van der Waals surface area (Å²) in [6, 6.07) is 9.92. The molecule has 1 aliphatic heterocycles. The van der Waals surface area contributed by atoms with E-state index in [1.54, 1.807) is 5.06 Å². The Bertz CT molecular complexity index is 515. The van der Waals surface area contributed by atoms with E-state index in [0.29, 0.717) is 12.5 Å². The zero-order valence-electron chi connectivity index (χ0n) is 11.0. The molecule has 1 atom stereocenters. The van der Waals surface area contributed by atoms with Gasteiger partial charge in [0.05, 0.1) is 0 Å². The Morgan fingerprint density at radius 2 is 1.90 bits per heavy atom. The summed E-state index contributed by atoms with van der Waals surface area (Å²) in [4.78, 5) is 14.0. The summed E-state index contributed by atoms with van der Waals surface area (Å²) in [5, 5.41) is 1.58. The van der Waals surface area contributed by atoms with Crippen LogP contribution in [0.4, 0.5) is 0 Å². The van der Waals surface area contributed by atoms with Gasteiger partial charge in [0.15, 0.2) is 6.17 Å². The first-order valence-electron chi connectivity index (χ1n) is 6.37. The molecule has 20 heavy (non-hydrogen) atoms. The Hall–Kier alpha value is -1.79. The van der Waals surface area contributed by atoms with Gasteiger partial charge in [0.1, 0.15) is 6.61 Å². The van der Waals surface area contributed by atoms with Gasteiger partial charge in [-0.15, -0.1) is 12.4 Å². The van der Waals surface area contributed by atoms with Gasteiger partial charge in [-0.25, -0.2) is 4.99 Å². The minimum absolute atomic E-state index is 0. The summed E-state index contributed by atoms with van der Waals surface area (Å²) in [6.45, 7) is 0.440. The maximum atomic E-state index is 5.88. The van der Waals surface area contributed by atoms with Crippen LogP contribution < -0.4 is 11.5 Å². The number of guanidine groups is 2. The highest BCUT2D eigenvalue weighted by Crippen LogP contribution is 2.37. The van der Waals surface area contributed by atoms with E-state index in [1.807, 2.05) is 30.3 Å². The normalized spacial score (nSPS) is 21.8. The van der Waals surface area contributed by atoms with Crippen LogP contribution in [0.5, 0.6) is 0 Å². The zero-order valence-corrected chi connectivity index (χ0v) is 11.8. The highest BCUT2D eigenvalue weighted by molar-refractivity contribution is 5.94. The quantitative estimate of drug-likeness (QED) is 0.874. The fourth-order valence-corrected chi connectivity index (χ4v) is 2.07. The smallest absolute Gasteiger partial charge is 0.225 e. The first kappa shape index (κ1) is 14.6. The van der Waals surface area contributed by atoms with Crippen LogP contribution in [0.15, 0.2) is 40.3 Å². The topological polar surface area (TPSA) is 89.2 Å². The molecule has 0 spiro atoms. The fourth-order valence-electron chi connectivity index (χ4n) is 2.07. The van der Waals surface area contributed by atoms with Gasteiger partial charge in [-0.3, -0.25) is 4.84 Å². The molecule has 6 nitrogen and oxygen atoms in total. The Morgan fingerprint density at radius 3 is 2.55 bits per heavy atom. The average molecular weight is 296 g/mol. The number of nitrogens with zero attached hydrogens (tertiary/aromatic N) is 3. The van der Waals surface area contributed by atoms with Crippen LogP contribution in [-0.2, 0) is 11.4 Å². The number of benzene rings is 1. The Labute approximate surface area is 123 Å².